The molecule has 9 heavy (non-hydrogen) atoms. The standard InChI is InChI=1S/C9H14/c1-7-3-4-8-5-6-9(7,8)2/h8H,1,3-6H2,2H3. The summed E-state index contributed by atoms with van der Waals surface area (Å²) < 4.78 is 0. The molecule has 2 rings (SSSR count). The van der Waals surface area contributed by atoms with Crippen LogP contribution in [0.15, 0.2) is 12.2 Å². The Bertz CT molecular complexity index is 157. The first-order valence-electron chi connectivity index (χ1n) is 3.92. The van der Waals surface area contributed by atoms with Crippen molar-refractivity contribution in [3.63, 3.8) is 0 Å². The lowest BCUT2D eigenvalue weighted by Gasteiger charge is -2.42. The molecule has 2 atom stereocenters. The zero-order valence-corrected chi connectivity index (χ0v) is 6.11. The second-order valence-corrected chi connectivity index (χ2v) is 3.80. The van der Waals surface area contributed by atoms with Gasteiger partial charge in [0.15, 0.2) is 0 Å². The van der Waals surface area contributed by atoms with Gasteiger partial charge in [0.2, 0.25) is 0 Å². The molecular formula is C9H14. The highest BCUT2D eigenvalue weighted by molar-refractivity contribution is 5.21. The Morgan fingerprint density at radius 3 is 2.56 bits per heavy atom. The van der Waals surface area contributed by atoms with Crippen LogP contribution in [-0.4, -0.2) is 0 Å². The van der Waals surface area contributed by atoms with Crippen molar-refractivity contribution >= 4 is 0 Å². The Labute approximate surface area is 57.0 Å². The van der Waals surface area contributed by atoms with Crippen LogP contribution in [0.4, 0.5) is 0 Å². The molecule has 0 aromatic rings. The minimum atomic E-state index is 0.597. The minimum absolute atomic E-state index is 0.597. The van der Waals surface area contributed by atoms with E-state index in [0.717, 1.165) is 5.92 Å². The molecule has 0 heteroatoms. The third kappa shape index (κ3) is 0.493. The van der Waals surface area contributed by atoms with E-state index in [2.05, 4.69) is 13.5 Å². The maximum atomic E-state index is 4.11. The zero-order valence-electron chi connectivity index (χ0n) is 6.11. The van der Waals surface area contributed by atoms with Gasteiger partial charge in [0.1, 0.15) is 0 Å². The third-order valence-electron chi connectivity index (χ3n) is 3.52. The van der Waals surface area contributed by atoms with E-state index in [1.54, 1.807) is 0 Å². The lowest BCUT2D eigenvalue weighted by atomic mass is 9.62. The fourth-order valence-corrected chi connectivity index (χ4v) is 2.34. The van der Waals surface area contributed by atoms with Gasteiger partial charge in [-0.05, 0) is 37.0 Å². The SMILES string of the molecule is C=C1CCC2CCC12C. The van der Waals surface area contributed by atoms with Crippen LogP contribution >= 0.6 is 0 Å². The molecule has 0 amide bonds. The van der Waals surface area contributed by atoms with Crippen molar-refractivity contribution in [2.45, 2.75) is 32.6 Å². The van der Waals surface area contributed by atoms with Crippen molar-refractivity contribution in [3.8, 4) is 0 Å². The molecule has 0 nitrogen and oxygen atoms in total. The molecule has 0 spiro atoms. The van der Waals surface area contributed by atoms with E-state index in [9.17, 15) is 0 Å². The van der Waals surface area contributed by atoms with Gasteiger partial charge in [-0.2, -0.15) is 0 Å². The molecule has 2 fully saturated rings. The first kappa shape index (κ1) is 5.52. The first-order chi connectivity index (χ1) is 4.23. The van der Waals surface area contributed by atoms with E-state index in [1.165, 1.54) is 31.3 Å². The van der Waals surface area contributed by atoms with E-state index in [4.69, 9.17) is 0 Å². The summed E-state index contributed by atoms with van der Waals surface area (Å²) in [4.78, 5) is 0. The third-order valence-corrected chi connectivity index (χ3v) is 3.52. The number of hydrogen-bond donors (Lipinski definition) is 0. The van der Waals surface area contributed by atoms with Gasteiger partial charge < -0.3 is 0 Å². The molecule has 0 N–H and O–H groups in total. The highest BCUT2D eigenvalue weighted by Crippen LogP contribution is 2.59. The monoisotopic (exact) mass is 122 g/mol. The van der Waals surface area contributed by atoms with Crippen molar-refractivity contribution in [1.82, 2.24) is 0 Å². The van der Waals surface area contributed by atoms with Crippen molar-refractivity contribution in [3.05, 3.63) is 12.2 Å². The highest BCUT2D eigenvalue weighted by atomic mass is 14.5. The number of rotatable bonds is 0. The van der Waals surface area contributed by atoms with Gasteiger partial charge in [-0.3, -0.25) is 0 Å². The Balaban J connectivity index is 2.28. The molecule has 50 valence electrons. The maximum Gasteiger partial charge on any atom is -0.00906 e. The van der Waals surface area contributed by atoms with Crippen LogP contribution in [0.25, 0.3) is 0 Å². The molecule has 0 aromatic carbocycles. The van der Waals surface area contributed by atoms with Gasteiger partial charge in [-0.25, -0.2) is 0 Å². The van der Waals surface area contributed by atoms with Crippen molar-refractivity contribution in [2.75, 3.05) is 0 Å². The van der Waals surface area contributed by atoms with Crippen LogP contribution in [0.2, 0.25) is 0 Å². The summed E-state index contributed by atoms with van der Waals surface area (Å²) >= 11 is 0. The molecule has 0 saturated heterocycles. The smallest absolute Gasteiger partial charge is 0.00906 e. The van der Waals surface area contributed by atoms with Crippen LogP contribution in [0.5, 0.6) is 0 Å². The van der Waals surface area contributed by atoms with Crippen molar-refractivity contribution in [2.24, 2.45) is 11.3 Å². The van der Waals surface area contributed by atoms with Gasteiger partial charge in [0.05, 0.1) is 0 Å². The number of allylic oxidation sites excluding steroid dienone is 1. The molecule has 0 aliphatic heterocycles. The summed E-state index contributed by atoms with van der Waals surface area (Å²) in [6.45, 7) is 6.49. The fourth-order valence-electron chi connectivity index (χ4n) is 2.34. The molecule has 0 heterocycles. The predicted octanol–water partition coefficient (Wildman–Crippen LogP) is 2.75. The molecular weight excluding hydrogens is 108 g/mol. The molecule has 2 aliphatic rings. The van der Waals surface area contributed by atoms with E-state index < -0.39 is 0 Å². The fraction of sp³-hybridized carbons (Fsp3) is 0.778. The van der Waals surface area contributed by atoms with Crippen LogP contribution in [-0.2, 0) is 0 Å². The summed E-state index contributed by atoms with van der Waals surface area (Å²) in [5.41, 5.74) is 2.12. The Morgan fingerprint density at radius 1 is 1.56 bits per heavy atom. The minimum Gasteiger partial charge on any atom is -0.0993 e. The van der Waals surface area contributed by atoms with E-state index in [1.807, 2.05) is 0 Å². The van der Waals surface area contributed by atoms with Gasteiger partial charge >= 0.3 is 0 Å². The molecule has 0 bridgehead atoms. The normalized spacial score (nSPS) is 48.6. The van der Waals surface area contributed by atoms with Gasteiger partial charge in [0, 0.05) is 0 Å². The summed E-state index contributed by atoms with van der Waals surface area (Å²) in [5.74, 6) is 1.02. The van der Waals surface area contributed by atoms with Crippen LogP contribution in [0.1, 0.15) is 32.6 Å². The maximum absolute atomic E-state index is 4.11. The zero-order chi connectivity index (χ0) is 6.48. The first-order valence-corrected chi connectivity index (χ1v) is 3.92. The largest absolute Gasteiger partial charge is 0.0993 e. The highest BCUT2D eigenvalue weighted by Gasteiger charge is 2.48. The van der Waals surface area contributed by atoms with E-state index >= 15 is 0 Å². The summed E-state index contributed by atoms with van der Waals surface area (Å²) in [5, 5.41) is 0. The predicted molar refractivity (Wildman–Crippen MR) is 39.2 cm³/mol. The summed E-state index contributed by atoms with van der Waals surface area (Å²) in [6.07, 6.45) is 5.61. The van der Waals surface area contributed by atoms with Crippen molar-refractivity contribution < 1.29 is 0 Å². The van der Waals surface area contributed by atoms with Crippen LogP contribution < -0.4 is 0 Å². The second-order valence-electron chi connectivity index (χ2n) is 3.80. The van der Waals surface area contributed by atoms with Crippen molar-refractivity contribution in [1.29, 1.82) is 0 Å². The van der Waals surface area contributed by atoms with E-state index in [0.29, 0.717) is 5.41 Å². The van der Waals surface area contributed by atoms with E-state index in [-0.39, 0.29) is 0 Å². The molecule has 2 unspecified atom stereocenters. The number of hydrogen-bond acceptors (Lipinski definition) is 0. The average molecular weight is 122 g/mol. The second kappa shape index (κ2) is 1.42. The van der Waals surface area contributed by atoms with Gasteiger partial charge in [-0.15, -0.1) is 0 Å². The van der Waals surface area contributed by atoms with Gasteiger partial charge in [-0.1, -0.05) is 19.1 Å². The molecule has 2 aliphatic carbocycles. The Hall–Kier alpha value is -0.260. The number of fused-ring (bicyclic) bond motifs is 1. The van der Waals surface area contributed by atoms with Crippen LogP contribution in [0.3, 0.4) is 0 Å². The average Bonchev–Trinajstić information content (AvgIpc) is 1.96. The lowest BCUT2D eigenvalue weighted by Crippen LogP contribution is -2.33. The molecule has 0 aromatic heterocycles. The summed E-state index contributed by atoms with van der Waals surface area (Å²) in [6, 6.07) is 0. The Morgan fingerprint density at radius 2 is 2.33 bits per heavy atom. The molecule has 2 saturated carbocycles. The Kier molecular flexibility index (Phi) is 0.870. The topological polar surface area (TPSA) is 0 Å². The lowest BCUT2D eigenvalue weighted by molar-refractivity contribution is 0.124. The molecule has 0 radical (unpaired) electrons. The quantitative estimate of drug-likeness (QED) is 0.433. The van der Waals surface area contributed by atoms with Crippen LogP contribution in [0, 0.1) is 11.3 Å². The summed E-state index contributed by atoms with van der Waals surface area (Å²) in [7, 11) is 0. The van der Waals surface area contributed by atoms with Gasteiger partial charge in [0.25, 0.3) is 0 Å².